The van der Waals surface area contributed by atoms with Crippen LogP contribution in [-0.4, -0.2) is 32.3 Å². The number of hydrogen-bond donors (Lipinski definition) is 4. The second-order valence-electron chi connectivity index (χ2n) is 7.64. The molecule has 0 saturated carbocycles. The molecule has 30 heavy (non-hydrogen) atoms. The van der Waals surface area contributed by atoms with Crippen LogP contribution in [0.1, 0.15) is 47.8 Å². The van der Waals surface area contributed by atoms with Crippen LogP contribution in [0.15, 0.2) is 60.2 Å². The molecule has 0 aromatic heterocycles. The Hall–Kier alpha value is -3.31. The smallest absolute Gasteiger partial charge is 0.189 e. The molecular formula is C25H28O5. The number of carbonyl (C=O) groups excluding carboxylic acids is 1. The lowest BCUT2D eigenvalue weighted by atomic mass is 9.98. The number of ketones is 1. The molecule has 0 fully saturated rings. The lowest BCUT2D eigenvalue weighted by molar-refractivity contribution is 0.104. The molecule has 5 nitrogen and oxygen atoms in total. The Morgan fingerprint density at radius 3 is 2.33 bits per heavy atom. The van der Waals surface area contributed by atoms with E-state index in [2.05, 4.69) is 6.58 Å². The van der Waals surface area contributed by atoms with Crippen LogP contribution < -0.4 is 0 Å². The van der Waals surface area contributed by atoms with E-state index in [1.807, 2.05) is 19.9 Å². The van der Waals surface area contributed by atoms with Crippen LogP contribution in [0.3, 0.4) is 0 Å². The molecule has 0 unspecified atom stereocenters. The van der Waals surface area contributed by atoms with Crippen molar-refractivity contribution < 1.29 is 25.2 Å². The molecule has 2 aromatic carbocycles. The maximum atomic E-state index is 12.6. The summed E-state index contributed by atoms with van der Waals surface area (Å²) >= 11 is 0. The summed E-state index contributed by atoms with van der Waals surface area (Å²) in [6.45, 7) is 9.30. The van der Waals surface area contributed by atoms with E-state index in [0.717, 1.165) is 22.8 Å². The first-order valence-electron chi connectivity index (χ1n) is 9.64. The van der Waals surface area contributed by atoms with Crippen LogP contribution in [0, 0.1) is 0 Å². The largest absolute Gasteiger partial charge is 0.508 e. The number of hydrogen-bond acceptors (Lipinski definition) is 5. The van der Waals surface area contributed by atoms with Gasteiger partial charge in [-0.05, 0) is 68.2 Å². The highest BCUT2D eigenvalue weighted by Gasteiger charge is 2.16. The van der Waals surface area contributed by atoms with Gasteiger partial charge < -0.3 is 20.4 Å². The molecule has 4 N–H and O–H groups in total. The molecule has 158 valence electrons. The molecule has 0 spiro atoms. The zero-order chi connectivity index (χ0) is 22.4. The third-order valence-electron chi connectivity index (χ3n) is 4.71. The number of benzene rings is 2. The number of allylic oxidation sites excluding steroid dienone is 3. The molecule has 0 aliphatic rings. The Morgan fingerprint density at radius 1 is 1.00 bits per heavy atom. The maximum absolute atomic E-state index is 12.6. The number of carbonyl (C=O) groups is 1. The fourth-order valence-electron chi connectivity index (χ4n) is 2.81. The van der Waals surface area contributed by atoms with E-state index in [1.165, 1.54) is 12.1 Å². The molecular weight excluding hydrogens is 380 g/mol. The van der Waals surface area contributed by atoms with Gasteiger partial charge in [-0.1, -0.05) is 35.9 Å². The molecule has 0 aliphatic heterocycles. The number of aromatic hydroxyl groups is 3. The zero-order valence-electron chi connectivity index (χ0n) is 17.5. The second kappa shape index (κ2) is 9.94. The quantitative estimate of drug-likeness (QED) is 0.289. The van der Waals surface area contributed by atoms with Gasteiger partial charge in [0.15, 0.2) is 5.78 Å². The van der Waals surface area contributed by atoms with Crippen molar-refractivity contribution in [2.45, 2.75) is 39.7 Å². The molecule has 0 radical (unpaired) electrons. The fraction of sp³-hybridized carbons (Fsp3) is 0.240. The highest BCUT2D eigenvalue weighted by molar-refractivity contribution is 6.08. The van der Waals surface area contributed by atoms with E-state index in [1.54, 1.807) is 31.2 Å². The minimum absolute atomic E-state index is 0.0245. The minimum atomic E-state index is -0.866. The molecule has 0 heterocycles. The molecule has 0 saturated heterocycles. The fourth-order valence-corrected chi connectivity index (χ4v) is 2.81. The van der Waals surface area contributed by atoms with E-state index < -0.39 is 11.9 Å². The maximum Gasteiger partial charge on any atom is 0.189 e. The highest BCUT2D eigenvalue weighted by Crippen LogP contribution is 2.30. The summed E-state index contributed by atoms with van der Waals surface area (Å²) in [5.41, 5.74) is 3.52. The molecule has 0 aliphatic carbocycles. The average Bonchev–Trinajstić information content (AvgIpc) is 2.67. The van der Waals surface area contributed by atoms with Gasteiger partial charge in [-0.3, -0.25) is 4.79 Å². The van der Waals surface area contributed by atoms with Crippen molar-refractivity contribution in [1.29, 1.82) is 0 Å². The van der Waals surface area contributed by atoms with Gasteiger partial charge in [0.05, 0.1) is 11.7 Å². The van der Waals surface area contributed by atoms with E-state index in [9.17, 15) is 25.2 Å². The first-order chi connectivity index (χ1) is 14.1. The Morgan fingerprint density at radius 2 is 1.70 bits per heavy atom. The minimum Gasteiger partial charge on any atom is -0.508 e. The van der Waals surface area contributed by atoms with Gasteiger partial charge in [0, 0.05) is 12.5 Å². The molecule has 1 atom stereocenters. The van der Waals surface area contributed by atoms with Gasteiger partial charge in [0.1, 0.15) is 17.2 Å². The summed E-state index contributed by atoms with van der Waals surface area (Å²) in [6.07, 6.45) is 4.72. The van der Waals surface area contributed by atoms with Crippen LogP contribution in [-0.2, 0) is 12.8 Å². The van der Waals surface area contributed by atoms with Crippen LogP contribution in [0.5, 0.6) is 17.2 Å². The van der Waals surface area contributed by atoms with Gasteiger partial charge in [-0.25, -0.2) is 0 Å². The Balaban J connectivity index is 2.27. The number of aliphatic hydroxyl groups is 1. The number of phenols is 3. The van der Waals surface area contributed by atoms with Gasteiger partial charge in [-0.2, -0.15) is 0 Å². The van der Waals surface area contributed by atoms with Crippen molar-refractivity contribution in [3.05, 3.63) is 82.5 Å². The normalized spacial score (nSPS) is 12.0. The van der Waals surface area contributed by atoms with Crippen molar-refractivity contribution >= 4 is 11.9 Å². The first kappa shape index (κ1) is 23.0. The van der Waals surface area contributed by atoms with Gasteiger partial charge in [-0.15, -0.1) is 0 Å². The SMILES string of the molecule is C=C(C)[C@H](O)Cc1cc(C(=O)/C=C/c2ccc(O)c(CC=C(C)C)c2)c(O)cc1O. The van der Waals surface area contributed by atoms with E-state index in [4.69, 9.17) is 0 Å². The highest BCUT2D eigenvalue weighted by atomic mass is 16.3. The predicted molar refractivity (Wildman–Crippen MR) is 119 cm³/mol. The summed E-state index contributed by atoms with van der Waals surface area (Å²) in [5.74, 6) is -0.799. The van der Waals surface area contributed by atoms with E-state index in [-0.39, 0.29) is 29.2 Å². The summed E-state index contributed by atoms with van der Waals surface area (Å²) in [4.78, 5) is 12.6. The standard InChI is InChI=1S/C25H28O5/c1-15(2)5-8-18-11-17(6-9-21(18)26)7-10-22(27)20-12-19(13-23(28)16(3)4)24(29)14-25(20)30/h5-7,9-12,14,23,26,28-30H,3,8,13H2,1-2,4H3/b10-7+/t23-/m1/s1. The van der Waals surface area contributed by atoms with Crippen LogP contribution in [0.2, 0.25) is 0 Å². The number of rotatable bonds is 8. The lowest BCUT2D eigenvalue weighted by Crippen LogP contribution is -2.11. The van der Waals surface area contributed by atoms with Crippen LogP contribution >= 0.6 is 0 Å². The van der Waals surface area contributed by atoms with Crippen molar-refractivity contribution in [1.82, 2.24) is 0 Å². The molecule has 0 amide bonds. The lowest BCUT2D eigenvalue weighted by Gasteiger charge is -2.13. The third kappa shape index (κ3) is 6.09. The second-order valence-corrected chi connectivity index (χ2v) is 7.64. The summed E-state index contributed by atoms with van der Waals surface area (Å²) in [6, 6.07) is 7.54. The van der Waals surface area contributed by atoms with Crippen LogP contribution in [0.25, 0.3) is 6.08 Å². The summed E-state index contributed by atoms with van der Waals surface area (Å²) in [7, 11) is 0. The van der Waals surface area contributed by atoms with Gasteiger partial charge in [0.25, 0.3) is 0 Å². The van der Waals surface area contributed by atoms with Crippen molar-refractivity contribution in [3.63, 3.8) is 0 Å². The zero-order valence-corrected chi connectivity index (χ0v) is 17.5. The summed E-state index contributed by atoms with van der Waals surface area (Å²) in [5, 5.41) is 40.1. The van der Waals surface area contributed by atoms with E-state index >= 15 is 0 Å². The topological polar surface area (TPSA) is 98.0 Å². The Bertz CT molecular complexity index is 1010. The Labute approximate surface area is 177 Å². The van der Waals surface area contributed by atoms with Gasteiger partial charge in [0.2, 0.25) is 0 Å². The number of phenolic OH excluding ortho intramolecular Hbond substituents is 3. The molecule has 2 rings (SSSR count). The van der Waals surface area contributed by atoms with Crippen molar-refractivity contribution in [2.24, 2.45) is 0 Å². The van der Waals surface area contributed by atoms with Gasteiger partial charge >= 0.3 is 0 Å². The first-order valence-corrected chi connectivity index (χ1v) is 9.64. The van der Waals surface area contributed by atoms with Crippen molar-refractivity contribution in [2.75, 3.05) is 0 Å². The number of aliphatic hydroxyl groups excluding tert-OH is 1. The molecule has 2 aromatic rings. The monoisotopic (exact) mass is 408 g/mol. The van der Waals surface area contributed by atoms with Crippen molar-refractivity contribution in [3.8, 4) is 17.2 Å². The summed E-state index contributed by atoms with van der Waals surface area (Å²) < 4.78 is 0. The molecule has 5 heteroatoms. The van der Waals surface area contributed by atoms with Crippen LogP contribution in [0.4, 0.5) is 0 Å². The average molecular weight is 408 g/mol. The third-order valence-corrected chi connectivity index (χ3v) is 4.71. The molecule has 0 bridgehead atoms. The Kier molecular flexibility index (Phi) is 7.61. The predicted octanol–water partition coefficient (Wildman–Crippen LogP) is 4.69. The van der Waals surface area contributed by atoms with E-state index in [0.29, 0.717) is 17.6 Å².